The van der Waals surface area contributed by atoms with Crippen LogP contribution in [0.5, 0.6) is 0 Å². The standard InChI is InChI=1S/C22H25ClN2O2/c1-15-4-3-5-17(12-15)13-21(26)25-10-8-18(9-11-25)22(27)24-20-14-19(23)7-6-16(20)2/h3-7,12,14,18H,8-11,13H2,1-2H3,(H,24,27). The molecule has 4 nitrogen and oxygen atoms in total. The third kappa shape index (κ3) is 5.10. The van der Waals surface area contributed by atoms with Crippen LogP contribution in [0, 0.1) is 19.8 Å². The van der Waals surface area contributed by atoms with E-state index in [1.54, 1.807) is 6.07 Å². The summed E-state index contributed by atoms with van der Waals surface area (Å²) in [6.07, 6.45) is 1.79. The van der Waals surface area contributed by atoms with Gasteiger partial charge in [-0.2, -0.15) is 0 Å². The number of hydrogen-bond donors (Lipinski definition) is 1. The molecule has 0 atom stereocenters. The highest BCUT2D eigenvalue weighted by molar-refractivity contribution is 6.31. The van der Waals surface area contributed by atoms with Crippen molar-refractivity contribution in [2.24, 2.45) is 5.92 Å². The van der Waals surface area contributed by atoms with E-state index in [9.17, 15) is 9.59 Å². The first-order valence-electron chi connectivity index (χ1n) is 9.32. The van der Waals surface area contributed by atoms with Gasteiger partial charge in [0.1, 0.15) is 0 Å². The summed E-state index contributed by atoms with van der Waals surface area (Å²) in [5, 5.41) is 3.59. The van der Waals surface area contributed by atoms with Crippen LogP contribution >= 0.6 is 11.6 Å². The molecule has 0 aromatic heterocycles. The van der Waals surface area contributed by atoms with Gasteiger partial charge in [-0.25, -0.2) is 0 Å². The lowest BCUT2D eigenvalue weighted by atomic mass is 9.95. The Balaban J connectivity index is 1.52. The van der Waals surface area contributed by atoms with E-state index >= 15 is 0 Å². The fraction of sp³-hybridized carbons (Fsp3) is 0.364. The van der Waals surface area contributed by atoms with Crippen molar-refractivity contribution >= 4 is 29.1 Å². The summed E-state index contributed by atoms with van der Waals surface area (Å²) in [6, 6.07) is 13.5. The highest BCUT2D eigenvalue weighted by atomic mass is 35.5. The Morgan fingerprint density at radius 2 is 1.85 bits per heavy atom. The van der Waals surface area contributed by atoms with E-state index in [1.807, 2.05) is 55.1 Å². The molecule has 1 aliphatic heterocycles. The molecule has 2 aromatic carbocycles. The lowest BCUT2D eigenvalue weighted by Gasteiger charge is -2.31. The third-order valence-electron chi connectivity index (χ3n) is 5.11. The molecule has 5 heteroatoms. The maximum absolute atomic E-state index is 12.6. The number of aryl methyl sites for hydroxylation is 2. The summed E-state index contributed by atoms with van der Waals surface area (Å²) in [5.74, 6) is 0.0581. The summed E-state index contributed by atoms with van der Waals surface area (Å²) >= 11 is 6.02. The van der Waals surface area contributed by atoms with Crippen LogP contribution in [0.1, 0.15) is 29.5 Å². The van der Waals surface area contributed by atoms with Gasteiger partial charge in [-0.15, -0.1) is 0 Å². The molecule has 0 unspecified atom stereocenters. The maximum Gasteiger partial charge on any atom is 0.227 e. The summed E-state index contributed by atoms with van der Waals surface area (Å²) < 4.78 is 0. The van der Waals surface area contributed by atoms with E-state index in [-0.39, 0.29) is 17.7 Å². The van der Waals surface area contributed by atoms with Gasteiger partial charge in [-0.1, -0.05) is 47.5 Å². The number of carbonyl (C=O) groups is 2. The van der Waals surface area contributed by atoms with E-state index in [0.717, 1.165) is 22.4 Å². The topological polar surface area (TPSA) is 49.4 Å². The summed E-state index contributed by atoms with van der Waals surface area (Å²) in [6.45, 7) is 5.22. The number of rotatable bonds is 4. The van der Waals surface area contributed by atoms with Crippen LogP contribution in [-0.2, 0) is 16.0 Å². The molecule has 0 radical (unpaired) electrons. The first-order chi connectivity index (χ1) is 12.9. The molecule has 2 amide bonds. The van der Waals surface area contributed by atoms with Crippen molar-refractivity contribution < 1.29 is 9.59 Å². The highest BCUT2D eigenvalue weighted by Gasteiger charge is 2.27. The molecule has 1 saturated heterocycles. The normalized spacial score (nSPS) is 14.9. The number of anilines is 1. The van der Waals surface area contributed by atoms with Crippen molar-refractivity contribution in [3.63, 3.8) is 0 Å². The van der Waals surface area contributed by atoms with Gasteiger partial charge in [0, 0.05) is 29.7 Å². The SMILES string of the molecule is Cc1cccc(CC(=O)N2CCC(C(=O)Nc3cc(Cl)ccc3C)CC2)c1. The second-order valence-electron chi connectivity index (χ2n) is 7.27. The molecule has 1 aliphatic rings. The minimum absolute atomic E-state index is 0.00569. The molecule has 27 heavy (non-hydrogen) atoms. The van der Waals surface area contributed by atoms with Crippen LogP contribution in [0.3, 0.4) is 0 Å². The Kier molecular flexibility index (Phi) is 6.17. The Labute approximate surface area is 165 Å². The van der Waals surface area contributed by atoms with Crippen molar-refractivity contribution in [3.05, 3.63) is 64.2 Å². The molecule has 0 aliphatic carbocycles. The second kappa shape index (κ2) is 8.57. The molecular formula is C22H25ClN2O2. The first-order valence-corrected chi connectivity index (χ1v) is 9.70. The van der Waals surface area contributed by atoms with Crippen LogP contribution < -0.4 is 5.32 Å². The predicted molar refractivity (Wildman–Crippen MR) is 109 cm³/mol. The zero-order valence-electron chi connectivity index (χ0n) is 15.8. The Morgan fingerprint density at radius 1 is 1.11 bits per heavy atom. The molecule has 0 bridgehead atoms. The van der Waals surface area contributed by atoms with Crippen LogP contribution in [0.15, 0.2) is 42.5 Å². The van der Waals surface area contributed by atoms with Gasteiger partial charge >= 0.3 is 0 Å². The van der Waals surface area contributed by atoms with E-state index < -0.39 is 0 Å². The van der Waals surface area contributed by atoms with Gasteiger partial charge in [0.25, 0.3) is 0 Å². The Bertz CT molecular complexity index is 842. The van der Waals surface area contributed by atoms with Crippen molar-refractivity contribution in [2.45, 2.75) is 33.1 Å². The van der Waals surface area contributed by atoms with Crippen molar-refractivity contribution in [1.29, 1.82) is 0 Å². The number of halogens is 1. The Morgan fingerprint density at radius 3 is 2.56 bits per heavy atom. The molecule has 3 rings (SSSR count). The lowest BCUT2D eigenvalue weighted by molar-refractivity contribution is -0.133. The fourth-order valence-electron chi connectivity index (χ4n) is 3.46. The summed E-state index contributed by atoms with van der Waals surface area (Å²) in [4.78, 5) is 27.0. The van der Waals surface area contributed by atoms with E-state index in [0.29, 0.717) is 37.4 Å². The highest BCUT2D eigenvalue weighted by Crippen LogP contribution is 2.24. The number of carbonyl (C=O) groups excluding carboxylic acids is 2. The molecule has 2 aromatic rings. The maximum atomic E-state index is 12.6. The number of hydrogen-bond acceptors (Lipinski definition) is 2. The van der Waals surface area contributed by atoms with Crippen LogP contribution in [0.4, 0.5) is 5.69 Å². The quantitative estimate of drug-likeness (QED) is 0.850. The summed E-state index contributed by atoms with van der Waals surface area (Å²) in [5.41, 5.74) is 3.94. The number of benzene rings is 2. The van der Waals surface area contributed by atoms with E-state index in [2.05, 4.69) is 5.32 Å². The molecule has 142 valence electrons. The monoisotopic (exact) mass is 384 g/mol. The smallest absolute Gasteiger partial charge is 0.227 e. The zero-order chi connectivity index (χ0) is 19.4. The van der Waals surface area contributed by atoms with E-state index in [4.69, 9.17) is 11.6 Å². The average Bonchev–Trinajstić information content (AvgIpc) is 2.65. The minimum atomic E-state index is -0.0774. The predicted octanol–water partition coefficient (Wildman–Crippen LogP) is 4.38. The lowest BCUT2D eigenvalue weighted by Crippen LogP contribution is -2.42. The van der Waals surface area contributed by atoms with Crippen LogP contribution in [0.25, 0.3) is 0 Å². The molecule has 1 N–H and O–H groups in total. The number of amides is 2. The summed E-state index contributed by atoms with van der Waals surface area (Å²) in [7, 11) is 0. The van der Waals surface area contributed by atoms with Gasteiger partial charge in [0.05, 0.1) is 6.42 Å². The van der Waals surface area contributed by atoms with Crippen LogP contribution in [0.2, 0.25) is 5.02 Å². The van der Waals surface area contributed by atoms with Crippen molar-refractivity contribution in [3.8, 4) is 0 Å². The number of piperidine rings is 1. The average molecular weight is 385 g/mol. The second-order valence-corrected chi connectivity index (χ2v) is 7.71. The van der Waals surface area contributed by atoms with Gasteiger partial charge < -0.3 is 10.2 Å². The minimum Gasteiger partial charge on any atom is -0.342 e. The third-order valence-corrected chi connectivity index (χ3v) is 5.35. The first kappa shape index (κ1) is 19.4. The largest absolute Gasteiger partial charge is 0.342 e. The van der Waals surface area contributed by atoms with Crippen molar-refractivity contribution in [1.82, 2.24) is 4.90 Å². The number of likely N-dealkylation sites (tertiary alicyclic amines) is 1. The molecule has 0 spiro atoms. The van der Waals surface area contributed by atoms with Gasteiger partial charge in [-0.05, 0) is 49.9 Å². The van der Waals surface area contributed by atoms with E-state index in [1.165, 1.54) is 0 Å². The molecular weight excluding hydrogens is 360 g/mol. The molecule has 1 heterocycles. The molecule has 1 fully saturated rings. The van der Waals surface area contributed by atoms with Gasteiger partial charge in [0.15, 0.2) is 0 Å². The van der Waals surface area contributed by atoms with Crippen molar-refractivity contribution in [2.75, 3.05) is 18.4 Å². The van der Waals surface area contributed by atoms with Crippen LogP contribution in [-0.4, -0.2) is 29.8 Å². The Hall–Kier alpha value is -2.33. The number of nitrogens with zero attached hydrogens (tertiary/aromatic N) is 1. The van der Waals surface area contributed by atoms with Gasteiger partial charge in [-0.3, -0.25) is 9.59 Å². The van der Waals surface area contributed by atoms with Gasteiger partial charge in [0.2, 0.25) is 11.8 Å². The number of nitrogens with one attached hydrogen (secondary N) is 1. The fourth-order valence-corrected chi connectivity index (χ4v) is 3.64. The molecule has 0 saturated carbocycles. The zero-order valence-corrected chi connectivity index (χ0v) is 16.6.